The fourth-order valence-electron chi connectivity index (χ4n) is 2.64. The Morgan fingerprint density at radius 1 is 1.23 bits per heavy atom. The number of amides is 1. The maximum absolute atomic E-state index is 12.1. The highest BCUT2D eigenvalue weighted by atomic mass is 16.1. The van der Waals surface area contributed by atoms with Crippen molar-refractivity contribution < 1.29 is 4.79 Å². The molecule has 2 aromatic heterocycles. The molecular weight excluding hydrogens is 274 g/mol. The third kappa shape index (κ3) is 3.17. The number of nitrogens with one attached hydrogen (secondary N) is 2. The lowest BCUT2D eigenvalue weighted by molar-refractivity contribution is -0.121. The van der Waals surface area contributed by atoms with Crippen molar-refractivity contribution in [1.29, 1.82) is 0 Å². The molecule has 0 spiro atoms. The fourth-order valence-corrected chi connectivity index (χ4v) is 2.64. The van der Waals surface area contributed by atoms with Gasteiger partial charge in [0.25, 0.3) is 0 Å². The van der Waals surface area contributed by atoms with Crippen molar-refractivity contribution in [2.75, 3.05) is 0 Å². The molecule has 1 amide bonds. The smallest absolute Gasteiger partial charge is 0.220 e. The molecule has 3 aromatic rings. The van der Waals surface area contributed by atoms with Crippen LogP contribution in [-0.4, -0.2) is 15.9 Å². The second kappa shape index (κ2) is 6.43. The summed E-state index contributed by atoms with van der Waals surface area (Å²) >= 11 is 0. The van der Waals surface area contributed by atoms with E-state index in [0.29, 0.717) is 6.42 Å². The van der Waals surface area contributed by atoms with Crippen molar-refractivity contribution in [2.24, 2.45) is 0 Å². The van der Waals surface area contributed by atoms with Gasteiger partial charge in [-0.3, -0.25) is 9.78 Å². The van der Waals surface area contributed by atoms with Crippen LogP contribution in [0.5, 0.6) is 0 Å². The number of hydrogen-bond donors (Lipinski definition) is 2. The van der Waals surface area contributed by atoms with Crippen LogP contribution in [0.2, 0.25) is 0 Å². The molecule has 0 radical (unpaired) electrons. The molecule has 0 aliphatic heterocycles. The van der Waals surface area contributed by atoms with E-state index in [2.05, 4.69) is 21.4 Å². The van der Waals surface area contributed by atoms with Crippen LogP contribution in [0.15, 0.2) is 55.0 Å². The summed E-state index contributed by atoms with van der Waals surface area (Å²) in [5.41, 5.74) is 3.36. The molecule has 2 N–H and O–H groups in total. The number of H-pyrrole nitrogens is 1. The number of fused-ring (bicyclic) bond motifs is 1. The molecule has 0 aliphatic carbocycles. The topological polar surface area (TPSA) is 57.8 Å². The monoisotopic (exact) mass is 293 g/mol. The van der Waals surface area contributed by atoms with Crippen molar-refractivity contribution >= 4 is 16.8 Å². The Kier molecular flexibility index (Phi) is 4.19. The number of pyridine rings is 1. The molecule has 112 valence electrons. The van der Waals surface area contributed by atoms with Gasteiger partial charge >= 0.3 is 0 Å². The Balaban J connectivity index is 1.58. The first kappa shape index (κ1) is 14.3. The van der Waals surface area contributed by atoms with E-state index >= 15 is 0 Å². The maximum atomic E-state index is 12.1. The summed E-state index contributed by atoms with van der Waals surface area (Å²) in [6.45, 7) is 1.99. The first-order valence-corrected chi connectivity index (χ1v) is 7.48. The molecular formula is C18H19N3O. The molecule has 2 heterocycles. The molecule has 0 fully saturated rings. The van der Waals surface area contributed by atoms with E-state index in [1.165, 1.54) is 10.9 Å². The predicted molar refractivity (Wildman–Crippen MR) is 87.4 cm³/mol. The Hall–Kier alpha value is -2.62. The predicted octanol–water partition coefficient (Wildman–Crippen LogP) is 3.37. The van der Waals surface area contributed by atoms with Crippen molar-refractivity contribution in [3.8, 4) is 0 Å². The SMILES string of the molecule is CC(NC(=O)CCc1c[nH]c2ccccc12)c1ccncc1. The summed E-state index contributed by atoms with van der Waals surface area (Å²) in [6, 6.07) is 12.0. The molecule has 0 saturated heterocycles. The number of nitrogens with zero attached hydrogens (tertiary/aromatic N) is 1. The van der Waals surface area contributed by atoms with Gasteiger partial charge in [0.15, 0.2) is 0 Å². The van der Waals surface area contributed by atoms with E-state index in [4.69, 9.17) is 0 Å². The number of para-hydroxylation sites is 1. The van der Waals surface area contributed by atoms with Gasteiger partial charge < -0.3 is 10.3 Å². The molecule has 1 atom stereocenters. The van der Waals surface area contributed by atoms with Crippen molar-refractivity contribution in [3.05, 3.63) is 66.1 Å². The lowest BCUT2D eigenvalue weighted by Crippen LogP contribution is -2.26. The number of hydrogen-bond acceptors (Lipinski definition) is 2. The van der Waals surface area contributed by atoms with E-state index in [1.807, 2.05) is 43.5 Å². The number of aromatic amines is 1. The molecule has 22 heavy (non-hydrogen) atoms. The zero-order valence-electron chi connectivity index (χ0n) is 12.5. The minimum Gasteiger partial charge on any atom is -0.361 e. The van der Waals surface area contributed by atoms with Gasteiger partial charge in [-0.25, -0.2) is 0 Å². The number of benzene rings is 1. The zero-order chi connectivity index (χ0) is 15.4. The van der Waals surface area contributed by atoms with Gasteiger partial charge in [-0.2, -0.15) is 0 Å². The largest absolute Gasteiger partial charge is 0.361 e. The molecule has 0 bridgehead atoms. The van der Waals surface area contributed by atoms with Crippen LogP contribution in [0.4, 0.5) is 0 Å². The first-order chi connectivity index (χ1) is 10.7. The van der Waals surface area contributed by atoms with Gasteiger partial charge in [0.2, 0.25) is 5.91 Å². The third-order valence-electron chi connectivity index (χ3n) is 3.88. The highest BCUT2D eigenvalue weighted by Gasteiger charge is 2.10. The summed E-state index contributed by atoms with van der Waals surface area (Å²) in [6.07, 6.45) is 6.69. The zero-order valence-corrected chi connectivity index (χ0v) is 12.5. The minimum atomic E-state index is -0.00142. The van der Waals surface area contributed by atoms with Gasteiger partial charge in [0, 0.05) is 35.9 Å². The van der Waals surface area contributed by atoms with E-state index in [0.717, 1.165) is 17.5 Å². The van der Waals surface area contributed by atoms with Crippen LogP contribution in [0, 0.1) is 0 Å². The Bertz CT molecular complexity index is 764. The molecule has 4 heteroatoms. The Morgan fingerprint density at radius 3 is 2.82 bits per heavy atom. The number of aryl methyl sites for hydroxylation is 1. The second-order valence-corrected chi connectivity index (χ2v) is 5.43. The summed E-state index contributed by atoms with van der Waals surface area (Å²) in [5, 5.41) is 4.22. The molecule has 0 aliphatic rings. The summed E-state index contributed by atoms with van der Waals surface area (Å²) < 4.78 is 0. The standard InChI is InChI=1S/C18H19N3O/c1-13(14-8-10-19-11-9-14)21-18(22)7-6-15-12-20-17-5-3-2-4-16(15)17/h2-5,8-13,20H,6-7H2,1H3,(H,21,22). The normalized spacial score (nSPS) is 12.2. The van der Waals surface area contributed by atoms with E-state index in [1.54, 1.807) is 12.4 Å². The third-order valence-corrected chi connectivity index (χ3v) is 3.88. The quantitative estimate of drug-likeness (QED) is 0.757. The van der Waals surface area contributed by atoms with E-state index < -0.39 is 0 Å². The Labute approximate surface area is 129 Å². The summed E-state index contributed by atoms with van der Waals surface area (Å²) in [5.74, 6) is 0.0644. The number of aromatic nitrogens is 2. The van der Waals surface area contributed by atoms with Gasteiger partial charge in [0.05, 0.1) is 6.04 Å². The van der Waals surface area contributed by atoms with Crippen LogP contribution in [0.1, 0.15) is 30.5 Å². The molecule has 4 nitrogen and oxygen atoms in total. The van der Waals surface area contributed by atoms with Crippen LogP contribution in [0.25, 0.3) is 10.9 Å². The lowest BCUT2D eigenvalue weighted by Gasteiger charge is -2.13. The average molecular weight is 293 g/mol. The van der Waals surface area contributed by atoms with Crippen molar-refractivity contribution in [3.63, 3.8) is 0 Å². The van der Waals surface area contributed by atoms with Crippen molar-refractivity contribution in [2.45, 2.75) is 25.8 Å². The molecule has 3 rings (SSSR count). The second-order valence-electron chi connectivity index (χ2n) is 5.43. The number of carbonyl (C=O) groups excluding carboxylic acids is 1. The molecule has 1 unspecified atom stereocenters. The van der Waals surface area contributed by atoms with Crippen LogP contribution < -0.4 is 5.32 Å². The number of carbonyl (C=O) groups is 1. The average Bonchev–Trinajstić information content (AvgIpc) is 2.97. The fraction of sp³-hybridized carbons (Fsp3) is 0.222. The minimum absolute atomic E-state index is 0.00142. The summed E-state index contributed by atoms with van der Waals surface area (Å²) in [7, 11) is 0. The molecule has 1 aromatic carbocycles. The maximum Gasteiger partial charge on any atom is 0.220 e. The van der Waals surface area contributed by atoms with Gasteiger partial charge in [-0.1, -0.05) is 18.2 Å². The van der Waals surface area contributed by atoms with E-state index in [9.17, 15) is 4.79 Å². The summed E-state index contributed by atoms with van der Waals surface area (Å²) in [4.78, 5) is 19.4. The Morgan fingerprint density at radius 2 is 2.00 bits per heavy atom. The van der Waals surface area contributed by atoms with Crippen molar-refractivity contribution in [1.82, 2.24) is 15.3 Å². The van der Waals surface area contributed by atoms with Gasteiger partial charge in [-0.05, 0) is 42.7 Å². The molecule has 0 saturated carbocycles. The van der Waals surface area contributed by atoms with E-state index in [-0.39, 0.29) is 11.9 Å². The lowest BCUT2D eigenvalue weighted by atomic mass is 10.1. The van der Waals surface area contributed by atoms with Gasteiger partial charge in [-0.15, -0.1) is 0 Å². The highest BCUT2D eigenvalue weighted by Crippen LogP contribution is 2.19. The van der Waals surface area contributed by atoms with Crippen LogP contribution >= 0.6 is 0 Å². The van der Waals surface area contributed by atoms with Crippen LogP contribution in [0.3, 0.4) is 0 Å². The first-order valence-electron chi connectivity index (χ1n) is 7.48. The van der Waals surface area contributed by atoms with Gasteiger partial charge in [0.1, 0.15) is 0 Å². The van der Waals surface area contributed by atoms with Crippen LogP contribution in [-0.2, 0) is 11.2 Å². The highest BCUT2D eigenvalue weighted by molar-refractivity contribution is 5.84. The number of rotatable bonds is 5.